The van der Waals surface area contributed by atoms with E-state index in [9.17, 15) is 0 Å². The highest BCUT2D eigenvalue weighted by Crippen LogP contribution is 2.18. The minimum Gasteiger partial charge on any atom is -0.376 e. The third kappa shape index (κ3) is 2.43. The molecule has 1 heterocycles. The molecular formula is C8H15NO2. The Hall–Kier alpha value is -0.120. The average molecular weight is 157 g/mol. The van der Waals surface area contributed by atoms with E-state index in [-0.39, 0.29) is 0 Å². The highest BCUT2D eigenvalue weighted by molar-refractivity contribution is 4.82. The smallest absolute Gasteiger partial charge is 0.0933 e. The van der Waals surface area contributed by atoms with Crippen LogP contribution in [0.2, 0.25) is 0 Å². The van der Waals surface area contributed by atoms with Crippen LogP contribution in [-0.4, -0.2) is 38.5 Å². The molecule has 0 radical (unpaired) electrons. The van der Waals surface area contributed by atoms with Gasteiger partial charge in [0.25, 0.3) is 0 Å². The van der Waals surface area contributed by atoms with Gasteiger partial charge in [-0.15, -0.1) is 0 Å². The zero-order valence-electron chi connectivity index (χ0n) is 6.71. The molecule has 1 aliphatic carbocycles. The van der Waals surface area contributed by atoms with Gasteiger partial charge in [0, 0.05) is 12.6 Å². The summed E-state index contributed by atoms with van der Waals surface area (Å²) in [4.78, 5) is 0. The molecule has 2 aliphatic rings. The zero-order chi connectivity index (χ0) is 7.52. The normalized spacial score (nSPS) is 32.2. The summed E-state index contributed by atoms with van der Waals surface area (Å²) in [6.07, 6.45) is 2.98. The van der Waals surface area contributed by atoms with Gasteiger partial charge in [-0.3, -0.25) is 0 Å². The average Bonchev–Trinajstić information content (AvgIpc) is 2.86. The Morgan fingerprint density at radius 3 is 2.82 bits per heavy atom. The largest absolute Gasteiger partial charge is 0.376 e. The van der Waals surface area contributed by atoms with E-state index in [4.69, 9.17) is 9.47 Å². The van der Waals surface area contributed by atoms with E-state index in [1.54, 1.807) is 0 Å². The second-order valence-electron chi connectivity index (χ2n) is 3.25. The summed E-state index contributed by atoms with van der Waals surface area (Å²) < 4.78 is 10.7. The molecule has 3 nitrogen and oxygen atoms in total. The summed E-state index contributed by atoms with van der Waals surface area (Å²) >= 11 is 0. The summed E-state index contributed by atoms with van der Waals surface area (Å²) in [5.41, 5.74) is 0. The Balaban J connectivity index is 1.59. The van der Waals surface area contributed by atoms with Gasteiger partial charge in [0.1, 0.15) is 0 Å². The first-order valence-corrected chi connectivity index (χ1v) is 4.38. The van der Waals surface area contributed by atoms with Crippen molar-refractivity contribution in [2.75, 3.05) is 26.4 Å². The summed E-state index contributed by atoms with van der Waals surface area (Å²) in [5, 5.41) is 3.42. The molecule has 1 saturated carbocycles. The second kappa shape index (κ2) is 3.52. The molecule has 0 spiro atoms. The first kappa shape index (κ1) is 7.53. The molecule has 1 atom stereocenters. The number of ether oxygens (including phenoxy) is 2. The number of rotatable bonds is 3. The molecule has 1 unspecified atom stereocenters. The van der Waals surface area contributed by atoms with Gasteiger partial charge in [0.15, 0.2) is 0 Å². The zero-order valence-corrected chi connectivity index (χ0v) is 6.71. The van der Waals surface area contributed by atoms with Gasteiger partial charge in [0.2, 0.25) is 0 Å². The van der Waals surface area contributed by atoms with Crippen molar-refractivity contribution >= 4 is 0 Å². The van der Waals surface area contributed by atoms with Gasteiger partial charge in [-0.05, 0) is 12.8 Å². The molecule has 1 N–H and O–H groups in total. The summed E-state index contributed by atoms with van der Waals surface area (Å²) in [5.74, 6) is 0. The monoisotopic (exact) mass is 157 g/mol. The van der Waals surface area contributed by atoms with Gasteiger partial charge >= 0.3 is 0 Å². The molecule has 0 bridgehead atoms. The van der Waals surface area contributed by atoms with E-state index in [0.29, 0.717) is 6.10 Å². The van der Waals surface area contributed by atoms with Crippen molar-refractivity contribution < 1.29 is 9.47 Å². The van der Waals surface area contributed by atoms with Crippen LogP contribution in [-0.2, 0) is 9.47 Å². The summed E-state index contributed by atoms with van der Waals surface area (Å²) in [6, 6.07) is 0.778. The molecule has 2 fully saturated rings. The maximum Gasteiger partial charge on any atom is 0.0933 e. The summed E-state index contributed by atoms with van der Waals surface area (Å²) in [7, 11) is 0. The Morgan fingerprint density at radius 1 is 1.27 bits per heavy atom. The third-order valence-corrected chi connectivity index (χ3v) is 2.10. The van der Waals surface area contributed by atoms with Crippen molar-refractivity contribution in [3.05, 3.63) is 0 Å². The molecule has 64 valence electrons. The van der Waals surface area contributed by atoms with Crippen molar-refractivity contribution in [1.82, 2.24) is 5.32 Å². The highest BCUT2D eigenvalue weighted by atomic mass is 16.6. The maximum atomic E-state index is 5.47. The van der Waals surface area contributed by atoms with E-state index < -0.39 is 0 Å². The fourth-order valence-electron chi connectivity index (χ4n) is 1.24. The van der Waals surface area contributed by atoms with Gasteiger partial charge in [0.05, 0.1) is 25.9 Å². The predicted octanol–water partition coefficient (Wildman–Crippen LogP) is 0.154. The molecule has 0 aromatic heterocycles. The van der Waals surface area contributed by atoms with Crippen LogP contribution in [0.3, 0.4) is 0 Å². The fraction of sp³-hybridized carbons (Fsp3) is 1.00. The van der Waals surface area contributed by atoms with Gasteiger partial charge < -0.3 is 14.8 Å². The molecule has 0 aromatic rings. The van der Waals surface area contributed by atoms with Crippen molar-refractivity contribution in [3.63, 3.8) is 0 Å². The van der Waals surface area contributed by atoms with Crippen LogP contribution in [0.25, 0.3) is 0 Å². The van der Waals surface area contributed by atoms with Crippen LogP contribution in [0.15, 0.2) is 0 Å². The Morgan fingerprint density at radius 2 is 2.18 bits per heavy atom. The minimum absolute atomic E-state index is 0.296. The van der Waals surface area contributed by atoms with Crippen molar-refractivity contribution in [2.45, 2.75) is 25.0 Å². The van der Waals surface area contributed by atoms with Crippen LogP contribution in [0, 0.1) is 0 Å². The van der Waals surface area contributed by atoms with Gasteiger partial charge in [-0.1, -0.05) is 0 Å². The number of hydrogen-bond acceptors (Lipinski definition) is 3. The molecule has 0 aromatic carbocycles. The molecule has 0 amide bonds. The van der Waals surface area contributed by atoms with E-state index in [2.05, 4.69) is 5.32 Å². The summed E-state index contributed by atoms with van der Waals surface area (Å²) in [6.45, 7) is 3.25. The predicted molar refractivity (Wildman–Crippen MR) is 41.6 cm³/mol. The topological polar surface area (TPSA) is 30.5 Å². The van der Waals surface area contributed by atoms with E-state index in [1.165, 1.54) is 12.8 Å². The Kier molecular flexibility index (Phi) is 2.41. The molecular weight excluding hydrogens is 142 g/mol. The number of nitrogens with one attached hydrogen (secondary N) is 1. The lowest BCUT2D eigenvalue weighted by Gasteiger charge is -2.23. The quantitative estimate of drug-likeness (QED) is 0.632. The Labute approximate surface area is 67.1 Å². The lowest BCUT2D eigenvalue weighted by Crippen LogP contribution is -2.38. The van der Waals surface area contributed by atoms with Crippen molar-refractivity contribution in [1.29, 1.82) is 0 Å². The third-order valence-electron chi connectivity index (χ3n) is 2.10. The maximum absolute atomic E-state index is 5.47. The first-order chi connectivity index (χ1) is 5.45. The molecule has 1 saturated heterocycles. The van der Waals surface area contributed by atoms with Crippen molar-refractivity contribution in [2.24, 2.45) is 0 Å². The van der Waals surface area contributed by atoms with E-state index in [0.717, 1.165) is 32.4 Å². The Bertz CT molecular complexity index is 119. The lowest BCUT2D eigenvalue weighted by atomic mass is 10.3. The lowest BCUT2D eigenvalue weighted by molar-refractivity contribution is -0.0864. The minimum atomic E-state index is 0.296. The van der Waals surface area contributed by atoms with Gasteiger partial charge in [-0.25, -0.2) is 0 Å². The van der Waals surface area contributed by atoms with Gasteiger partial charge in [-0.2, -0.15) is 0 Å². The molecule has 3 heteroatoms. The fourth-order valence-corrected chi connectivity index (χ4v) is 1.24. The highest BCUT2D eigenvalue weighted by Gasteiger charge is 2.22. The van der Waals surface area contributed by atoms with Crippen molar-refractivity contribution in [3.8, 4) is 0 Å². The molecule has 11 heavy (non-hydrogen) atoms. The second-order valence-corrected chi connectivity index (χ2v) is 3.25. The SMILES string of the molecule is C1COC(CNC2CC2)CO1. The van der Waals surface area contributed by atoms with Crippen LogP contribution in [0.5, 0.6) is 0 Å². The van der Waals surface area contributed by atoms with Crippen LogP contribution in [0.1, 0.15) is 12.8 Å². The van der Waals surface area contributed by atoms with Crippen LogP contribution < -0.4 is 5.32 Å². The van der Waals surface area contributed by atoms with E-state index in [1.807, 2.05) is 0 Å². The van der Waals surface area contributed by atoms with Crippen LogP contribution in [0.4, 0.5) is 0 Å². The van der Waals surface area contributed by atoms with E-state index >= 15 is 0 Å². The standard InChI is InChI=1S/C8H15NO2/c1-2-7(1)9-5-8-6-10-3-4-11-8/h7-9H,1-6H2. The first-order valence-electron chi connectivity index (χ1n) is 4.38. The molecule has 2 rings (SSSR count). The number of hydrogen-bond donors (Lipinski definition) is 1. The van der Waals surface area contributed by atoms with Crippen LogP contribution >= 0.6 is 0 Å². The molecule has 1 aliphatic heterocycles.